The monoisotopic (exact) mass is 428 g/mol. The average molecular weight is 428 g/mol. The van der Waals surface area contributed by atoms with Gasteiger partial charge in [-0.25, -0.2) is 0 Å². The Morgan fingerprint density at radius 2 is 1.45 bits per heavy atom. The van der Waals surface area contributed by atoms with Crippen molar-refractivity contribution >= 4 is 23.8 Å². The minimum Gasteiger partial charge on any atom is -0.493 e. The van der Waals surface area contributed by atoms with Crippen LogP contribution in [0.5, 0.6) is 34.5 Å². The fraction of sp³-hybridized carbons (Fsp3) is 0.227. The lowest BCUT2D eigenvalue weighted by atomic mass is 10.1. The van der Waals surface area contributed by atoms with E-state index in [0.29, 0.717) is 22.8 Å². The van der Waals surface area contributed by atoms with Crippen LogP contribution in [0.15, 0.2) is 30.0 Å². The fourth-order valence-electron chi connectivity index (χ4n) is 3.02. The molecule has 0 N–H and O–H groups in total. The Balaban J connectivity index is 2.07. The Labute approximate surface area is 178 Å². The van der Waals surface area contributed by atoms with Crippen molar-refractivity contribution < 1.29 is 42.8 Å². The molecule has 1 aliphatic rings. The summed E-state index contributed by atoms with van der Waals surface area (Å²) in [6.07, 6.45) is 1.48. The van der Waals surface area contributed by atoms with Crippen molar-refractivity contribution in [2.24, 2.45) is 0 Å². The quantitative estimate of drug-likeness (QED) is 0.389. The molecule has 3 rings (SSSR count). The van der Waals surface area contributed by atoms with Gasteiger partial charge < -0.3 is 28.4 Å². The van der Waals surface area contributed by atoms with E-state index in [0.717, 1.165) is 0 Å². The molecular formula is C22H20O9. The van der Waals surface area contributed by atoms with E-state index in [-0.39, 0.29) is 28.6 Å². The van der Waals surface area contributed by atoms with Crippen LogP contribution in [-0.2, 0) is 9.59 Å². The Morgan fingerprint density at radius 1 is 0.839 bits per heavy atom. The normalized spacial score (nSPS) is 13.3. The molecule has 0 saturated carbocycles. The first-order valence-corrected chi connectivity index (χ1v) is 9.07. The summed E-state index contributed by atoms with van der Waals surface area (Å²) in [4.78, 5) is 35.8. The summed E-state index contributed by atoms with van der Waals surface area (Å²) >= 11 is 0. The fourth-order valence-corrected chi connectivity index (χ4v) is 3.02. The number of carbonyl (C=O) groups is 3. The van der Waals surface area contributed by atoms with Gasteiger partial charge in [0.25, 0.3) is 0 Å². The molecule has 1 aliphatic heterocycles. The van der Waals surface area contributed by atoms with Crippen LogP contribution in [-0.4, -0.2) is 39.1 Å². The van der Waals surface area contributed by atoms with Crippen molar-refractivity contribution in [3.05, 3.63) is 41.2 Å². The zero-order chi connectivity index (χ0) is 22.7. The van der Waals surface area contributed by atoms with Crippen LogP contribution in [0.1, 0.15) is 29.8 Å². The number of hydrogen-bond acceptors (Lipinski definition) is 9. The van der Waals surface area contributed by atoms with Crippen molar-refractivity contribution in [3.8, 4) is 34.5 Å². The molecule has 2 aromatic carbocycles. The molecule has 0 amide bonds. The summed E-state index contributed by atoms with van der Waals surface area (Å²) in [5.74, 6) is -0.765. The number of esters is 2. The molecule has 9 nitrogen and oxygen atoms in total. The van der Waals surface area contributed by atoms with E-state index in [2.05, 4.69) is 0 Å². The summed E-state index contributed by atoms with van der Waals surface area (Å²) in [6.45, 7) is 2.38. The summed E-state index contributed by atoms with van der Waals surface area (Å²) in [5.41, 5.74) is 0.700. The lowest BCUT2D eigenvalue weighted by Crippen LogP contribution is -2.08. The predicted molar refractivity (Wildman–Crippen MR) is 108 cm³/mol. The molecule has 0 aromatic heterocycles. The van der Waals surface area contributed by atoms with Crippen molar-refractivity contribution in [2.75, 3.05) is 21.3 Å². The number of methoxy groups -OCH3 is 3. The SMILES string of the molecule is COc1cc(/C=C2/Oc3c(ccc(OC(C)=O)c3OC(C)=O)C2=O)cc(OC)c1OC. The molecule has 0 spiro atoms. The van der Waals surface area contributed by atoms with Crippen LogP contribution in [0.2, 0.25) is 0 Å². The van der Waals surface area contributed by atoms with Gasteiger partial charge in [-0.3, -0.25) is 14.4 Å². The highest BCUT2D eigenvalue weighted by atomic mass is 16.6. The highest BCUT2D eigenvalue weighted by Gasteiger charge is 2.33. The molecular weight excluding hydrogens is 408 g/mol. The summed E-state index contributed by atoms with van der Waals surface area (Å²) in [5, 5.41) is 0. The number of fused-ring (bicyclic) bond motifs is 1. The van der Waals surface area contributed by atoms with Gasteiger partial charge in [-0.1, -0.05) is 0 Å². The van der Waals surface area contributed by atoms with Gasteiger partial charge in [0.1, 0.15) is 0 Å². The molecule has 0 aliphatic carbocycles. The number of rotatable bonds is 6. The van der Waals surface area contributed by atoms with Crippen molar-refractivity contribution in [3.63, 3.8) is 0 Å². The van der Waals surface area contributed by atoms with Crippen LogP contribution >= 0.6 is 0 Å². The first-order chi connectivity index (χ1) is 14.8. The maximum atomic E-state index is 12.9. The summed E-state index contributed by atoms with van der Waals surface area (Å²) < 4.78 is 31.9. The number of hydrogen-bond donors (Lipinski definition) is 0. The van der Waals surface area contributed by atoms with Crippen LogP contribution in [0.25, 0.3) is 6.08 Å². The molecule has 0 fully saturated rings. The predicted octanol–water partition coefficient (Wildman–Crippen LogP) is 3.18. The third kappa shape index (κ3) is 4.30. The second kappa shape index (κ2) is 8.78. The molecule has 1 heterocycles. The molecule has 0 saturated heterocycles. The molecule has 2 aromatic rings. The van der Waals surface area contributed by atoms with E-state index < -0.39 is 17.7 Å². The van der Waals surface area contributed by atoms with Crippen LogP contribution in [0, 0.1) is 0 Å². The van der Waals surface area contributed by atoms with E-state index in [9.17, 15) is 14.4 Å². The molecule has 9 heteroatoms. The van der Waals surface area contributed by atoms with Gasteiger partial charge in [0.15, 0.2) is 28.8 Å². The van der Waals surface area contributed by atoms with E-state index in [1.54, 1.807) is 12.1 Å². The standard InChI is InChI=1S/C22H20O9/c1-11(23)29-15-7-6-14-19(25)16(31-20(14)22(15)30-12(2)24)8-13-9-17(26-3)21(28-5)18(10-13)27-4/h6-10H,1-5H3/b16-8+. The zero-order valence-corrected chi connectivity index (χ0v) is 17.6. The van der Waals surface area contributed by atoms with Gasteiger partial charge in [0.05, 0.1) is 26.9 Å². The molecule has 162 valence electrons. The average Bonchev–Trinajstić information content (AvgIpc) is 3.04. The summed E-state index contributed by atoms with van der Waals surface area (Å²) in [6, 6.07) is 6.08. The van der Waals surface area contributed by atoms with Gasteiger partial charge in [-0.2, -0.15) is 0 Å². The largest absolute Gasteiger partial charge is 0.493 e. The highest BCUT2D eigenvalue weighted by molar-refractivity contribution is 6.15. The van der Waals surface area contributed by atoms with Crippen LogP contribution < -0.4 is 28.4 Å². The van der Waals surface area contributed by atoms with Crippen molar-refractivity contribution in [2.45, 2.75) is 13.8 Å². The molecule has 31 heavy (non-hydrogen) atoms. The number of carbonyl (C=O) groups excluding carboxylic acids is 3. The third-order valence-electron chi connectivity index (χ3n) is 4.24. The number of benzene rings is 2. The number of ketones is 1. The van der Waals surface area contributed by atoms with Gasteiger partial charge in [-0.05, 0) is 35.9 Å². The molecule has 0 radical (unpaired) electrons. The van der Waals surface area contributed by atoms with E-state index in [1.165, 1.54) is 53.4 Å². The lowest BCUT2D eigenvalue weighted by Gasteiger charge is -2.13. The van der Waals surface area contributed by atoms with E-state index in [1.807, 2.05) is 0 Å². The minimum absolute atomic E-state index is 0.0161. The van der Waals surface area contributed by atoms with Gasteiger partial charge >= 0.3 is 11.9 Å². The molecule has 0 bridgehead atoms. The molecule has 0 atom stereocenters. The zero-order valence-electron chi connectivity index (χ0n) is 17.6. The highest BCUT2D eigenvalue weighted by Crippen LogP contribution is 2.46. The maximum absolute atomic E-state index is 12.9. The van der Waals surface area contributed by atoms with Crippen molar-refractivity contribution in [1.82, 2.24) is 0 Å². The maximum Gasteiger partial charge on any atom is 0.308 e. The lowest BCUT2D eigenvalue weighted by molar-refractivity contribution is -0.134. The van der Waals surface area contributed by atoms with Crippen molar-refractivity contribution in [1.29, 1.82) is 0 Å². The summed E-state index contributed by atoms with van der Waals surface area (Å²) in [7, 11) is 4.43. The Morgan fingerprint density at radius 3 is 1.97 bits per heavy atom. The van der Waals surface area contributed by atoms with Gasteiger partial charge in [0, 0.05) is 13.8 Å². The van der Waals surface area contributed by atoms with Crippen LogP contribution in [0.3, 0.4) is 0 Å². The topological polar surface area (TPSA) is 107 Å². The van der Waals surface area contributed by atoms with Crippen LogP contribution in [0.4, 0.5) is 0 Å². The Kier molecular flexibility index (Phi) is 6.15. The van der Waals surface area contributed by atoms with Gasteiger partial charge in [-0.15, -0.1) is 0 Å². The first-order valence-electron chi connectivity index (χ1n) is 9.07. The third-order valence-corrected chi connectivity index (χ3v) is 4.24. The van der Waals surface area contributed by atoms with Gasteiger partial charge in [0.2, 0.25) is 17.3 Å². The number of Topliss-reactive ketones (excluding diaryl/α,β-unsaturated/α-hetero) is 1. The Bertz CT molecular complexity index is 1070. The first kappa shape index (κ1) is 21.7. The number of ether oxygens (including phenoxy) is 6. The minimum atomic E-state index is -0.667. The number of allylic oxidation sites excluding steroid dienone is 1. The second-order valence-electron chi connectivity index (χ2n) is 6.36. The van der Waals surface area contributed by atoms with E-state index in [4.69, 9.17) is 28.4 Å². The second-order valence-corrected chi connectivity index (χ2v) is 6.36. The smallest absolute Gasteiger partial charge is 0.308 e. The Hall–Kier alpha value is -4.01. The molecule has 0 unspecified atom stereocenters. The van der Waals surface area contributed by atoms with E-state index >= 15 is 0 Å².